The number of benzene rings is 1. The van der Waals surface area contributed by atoms with E-state index in [1.807, 2.05) is 16.8 Å². The van der Waals surface area contributed by atoms with Crippen molar-refractivity contribution >= 4 is 0 Å². The van der Waals surface area contributed by atoms with Gasteiger partial charge in [0.15, 0.2) is 0 Å². The highest BCUT2D eigenvalue weighted by Crippen LogP contribution is 2.23. The second-order valence-corrected chi connectivity index (χ2v) is 4.12. The van der Waals surface area contributed by atoms with E-state index in [2.05, 4.69) is 24.1 Å². The van der Waals surface area contributed by atoms with Crippen LogP contribution in [0.3, 0.4) is 0 Å². The Morgan fingerprint density at radius 1 is 1.33 bits per heavy atom. The Morgan fingerprint density at radius 2 is 2.17 bits per heavy atom. The quantitative estimate of drug-likeness (QED) is 0.880. The van der Waals surface area contributed by atoms with Crippen LogP contribution < -0.4 is 5.32 Å². The summed E-state index contributed by atoms with van der Waals surface area (Å²) >= 11 is 0. The number of imidazole rings is 1. The van der Waals surface area contributed by atoms with Gasteiger partial charge in [0, 0.05) is 31.0 Å². The van der Waals surface area contributed by atoms with E-state index in [1.54, 1.807) is 12.3 Å². The smallest absolute Gasteiger partial charge is 0.140 e. The van der Waals surface area contributed by atoms with Crippen LogP contribution in [0.5, 0.6) is 0 Å². The van der Waals surface area contributed by atoms with Gasteiger partial charge in [0.05, 0.1) is 0 Å². The lowest BCUT2D eigenvalue weighted by atomic mass is 10.1. The molecule has 0 amide bonds. The molecule has 1 aromatic carbocycles. The van der Waals surface area contributed by atoms with Crippen LogP contribution in [0, 0.1) is 5.82 Å². The van der Waals surface area contributed by atoms with Gasteiger partial charge in [-0.15, -0.1) is 0 Å². The minimum absolute atomic E-state index is 0.226. The van der Waals surface area contributed by atoms with Gasteiger partial charge in [0.1, 0.15) is 11.6 Å². The molecule has 2 rings (SSSR count). The highest BCUT2D eigenvalue weighted by atomic mass is 19.1. The van der Waals surface area contributed by atoms with Crippen molar-refractivity contribution in [1.29, 1.82) is 0 Å². The van der Waals surface area contributed by atoms with Gasteiger partial charge in [0.25, 0.3) is 0 Å². The molecule has 1 aromatic heterocycles. The summed E-state index contributed by atoms with van der Waals surface area (Å²) in [5, 5.41) is 3.26. The second-order valence-electron chi connectivity index (χ2n) is 4.12. The molecule has 0 saturated carbocycles. The minimum Gasteiger partial charge on any atom is -0.331 e. The zero-order valence-corrected chi connectivity index (χ0v) is 10.8. The first-order valence-electron chi connectivity index (χ1n) is 6.27. The third kappa shape index (κ3) is 2.59. The molecule has 0 atom stereocenters. The van der Waals surface area contributed by atoms with Crippen molar-refractivity contribution in [1.82, 2.24) is 14.9 Å². The third-order valence-corrected chi connectivity index (χ3v) is 2.93. The van der Waals surface area contributed by atoms with Crippen molar-refractivity contribution in [3.63, 3.8) is 0 Å². The van der Waals surface area contributed by atoms with Gasteiger partial charge in [-0.3, -0.25) is 0 Å². The first kappa shape index (κ1) is 12.8. The zero-order chi connectivity index (χ0) is 13.0. The average molecular weight is 247 g/mol. The molecular formula is C14H18FN3. The number of aryl methyl sites for hydroxylation is 1. The number of nitrogens with zero attached hydrogens (tertiary/aromatic N) is 2. The number of hydrogen-bond donors (Lipinski definition) is 1. The Hall–Kier alpha value is -1.68. The molecule has 18 heavy (non-hydrogen) atoms. The molecule has 0 aliphatic heterocycles. The lowest BCUT2D eigenvalue weighted by Crippen LogP contribution is -2.13. The maximum Gasteiger partial charge on any atom is 0.140 e. The standard InChI is InChI=1S/C14H18FN3/c1-3-16-10-11-5-6-12(15)9-13(11)14-17-7-8-18(14)4-2/h5-9,16H,3-4,10H2,1-2H3. The molecular weight excluding hydrogens is 229 g/mol. The number of aromatic nitrogens is 2. The Morgan fingerprint density at radius 3 is 2.89 bits per heavy atom. The maximum absolute atomic E-state index is 13.4. The van der Waals surface area contributed by atoms with Gasteiger partial charge < -0.3 is 9.88 Å². The summed E-state index contributed by atoms with van der Waals surface area (Å²) in [7, 11) is 0. The fraction of sp³-hybridized carbons (Fsp3) is 0.357. The van der Waals surface area contributed by atoms with Crippen LogP contribution in [-0.2, 0) is 13.1 Å². The molecule has 0 radical (unpaired) electrons. The molecule has 0 spiro atoms. The SMILES string of the molecule is CCNCc1ccc(F)cc1-c1nccn1CC. The predicted octanol–water partition coefficient (Wildman–Crippen LogP) is 2.82. The summed E-state index contributed by atoms with van der Waals surface area (Å²) in [6.45, 7) is 6.54. The molecule has 0 aliphatic carbocycles. The van der Waals surface area contributed by atoms with E-state index >= 15 is 0 Å². The van der Waals surface area contributed by atoms with Crippen LogP contribution in [0.1, 0.15) is 19.4 Å². The van der Waals surface area contributed by atoms with Crippen LogP contribution in [0.25, 0.3) is 11.4 Å². The molecule has 0 saturated heterocycles. The summed E-state index contributed by atoms with van der Waals surface area (Å²) in [6.07, 6.45) is 3.66. The Labute approximate surface area is 107 Å². The Kier molecular flexibility index (Phi) is 4.10. The maximum atomic E-state index is 13.4. The van der Waals surface area contributed by atoms with E-state index in [-0.39, 0.29) is 5.82 Å². The van der Waals surface area contributed by atoms with Gasteiger partial charge in [-0.05, 0) is 31.2 Å². The van der Waals surface area contributed by atoms with Crippen molar-refractivity contribution in [3.05, 3.63) is 42.0 Å². The fourth-order valence-electron chi connectivity index (χ4n) is 1.98. The number of halogens is 1. The van der Waals surface area contributed by atoms with Gasteiger partial charge in [-0.2, -0.15) is 0 Å². The van der Waals surface area contributed by atoms with E-state index in [4.69, 9.17) is 0 Å². The number of rotatable bonds is 5. The Balaban J connectivity index is 2.44. The molecule has 2 aromatic rings. The lowest BCUT2D eigenvalue weighted by Gasteiger charge is -2.11. The van der Waals surface area contributed by atoms with Crippen LogP contribution in [0.2, 0.25) is 0 Å². The van der Waals surface area contributed by atoms with Crippen molar-refractivity contribution < 1.29 is 4.39 Å². The normalized spacial score (nSPS) is 10.8. The highest BCUT2D eigenvalue weighted by molar-refractivity contribution is 5.61. The van der Waals surface area contributed by atoms with Gasteiger partial charge in [-0.25, -0.2) is 9.37 Å². The Bertz CT molecular complexity index is 520. The van der Waals surface area contributed by atoms with E-state index < -0.39 is 0 Å². The monoisotopic (exact) mass is 247 g/mol. The molecule has 1 N–H and O–H groups in total. The number of nitrogens with one attached hydrogen (secondary N) is 1. The average Bonchev–Trinajstić information content (AvgIpc) is 2.85. The van der Waals surface area contributed by atoms with Gasteiger partial charge in [-0.1, -0.05) is 13.0 Å². The van der Waals surface area contributed by atoms with Crippen LogP contribution >= 0.6 is 0 Å². The van der Waals surface area contributed by atoms with Gasteiger partial charge in [0.2, 0.25) is 0 Å². The minimum atomic E-state index is -0.226. The topological polar surface area (TPSA) is 29.9 Å². The summed E-state index contributed by atoms with van der Waals surface area (Å²) < 4.78 is 15.5. The molecule has 0 aliphatic rings. The first-order chi connectivity index (χ1) is 8.76. The molecule has 4 heteroatoms. The molecule has 1 heterocycles. The second kappa shape index (κ2) is 5.78. The predicted molar refractivity (Wildman–Crippen MR) is 70.7 cm³/mol. The van der Waals surface area contributed by atoms with Gasteiger partial charge >= 0.3 is 0 Å². The molecule has 3 nitrogen and oxygen atoms in total. The first-order valence-corrected chi connectivity index (χ1v) is 6.27. The van der Waals surface area contributed by atoms with Crippen LogP contribution in [0.15, 0.2) is 30.6 Å². The van der Waals surface area contributed by atoms with E-state index in [9.17, 15) is 4.39 Å². The van der Waals surface area contributed by atoms with Crippen molar-refractivity contribution in [2.75, 3.05) is 6.54 Å². The summed E-state index contributed by atoms with van der Waals surface area (Å²) in [4.78, 5) is 4.34. The van der Waals surface area contributed by atoms with Crippen molar-refractivity contribution in [2.45, 2.75) is 26.9 Å². The highest BCUT2D eigenvalue weighted by Gasteiger charge is 2.11. The summed E-state index contributed by atoms with van der Waals surface area (Å²) in [5.74, 6) is 0.598. The van der Waals surface area contributed by atoms with E-state index in [0.29, 0.717) is 0 Å². The molecule has 0 unspecified atom stereocenters. The summed E-state index contributed by atoms with van der Waals surface area (Å²) in [5.41, 5.74) is 1.93. The molecule has 0 fully saturated rings. The molecule has 0 bridgehead atoms. The number of hydrogen-bond acceptors (Lipinski definition) is 2. The van der Waals surface area contributed by atoms with Crippen molar-refractivity contribution in [2.24, 2.45) is 0 Å². The van der Waals surface area contributed by atoms with E-state index in [0.717, 1.165) is 36.6 Å². The van der Waals surface area contributed by atoms with Crippen molar-refractivity contribution in [3.8, 4) is 11.4 Å². The summed E-state index contributed by atoms with van der Waals surface area (Å²) in [6, 6.07) is 4.87. The third-order valence-electron chi connectivity index (χ3n) is 2.93. The van der Waals surface area contributed by atoms with E-state index in [1.165, 1.54) is 6.07 Å². The zero-order valence-electron chi connectivity index (χ0n) is 10.8. The lowest BCUT2D eigenvalue weighted by molar-refractivity contribution is 0.625. The fourth-order valence-corrected chi connectivity index (χ4v) is 1.98. The van der Waals surface area contributed by atoms with Crippen LogP contribution in [-0.4, -0.2) is 16.1 Å². The van der Waals surface area contributed by atoms with Crippen LogP contribution in [0.4, 0.5) is 4.39 Å². The largest absolute Gasteiger partial charge is 0.331 e. The molecule has 96 valence electrons.